The van der Waals surface area contributed by atoms with Gasteiger partial charge in [0.05, 0.1) is 12.5 Å². The lowest BCUT2D eigenvalue weighted by molar-refractivity contribution is -0.123. The molecule has 0 heterocycles. The van der Waals surface area contributed by atoms with Gasteiger partial charge in [-0.2, -0.15) is 0 Å². The number of nitrogens with one attached hydrogen (secondary N) is 2. The van der Waals surface area contributed by atoms with Crippen molar-refractivity contribution in [3.05, 3.63) is 34.9 Å². The summed E-state index contributed by atoms with van der Waals surface area (Å²) in [5.41, 5.74) is 6.31. The van der Waals surface area contributed by atoms with Crippen LogP contribution in [-0.4, -0.2) is 18.5 Å². The van der Waals surface area contributed by atoms with Crippen LogP contribution in [0, 0.1) is 23.2 Å². The summed E-state index contributed by atoms with van der Waals surface area (Å²) in [4.78, 5) is 24.1. The molecule has 0 aromatic heterocycles. The van der Waals surface area contributed by atoms with Gasteiger partial charge in [-0.3, -0.25) is 4.79 Å². The molecule has 4 N–H and O–H groups in total. The first-order valence-electron chi connectivity index (χ1n) is 9.99. The van der Waals surface area contributed by atoms with Crippen molar-refractivity contribution in [2.24, 2.45) is 28.9 Å². The largest absolute Gasteiger partial charge is 0.355 e. The summed E-state index contributed by atoms with van der Waals surface area (Å²) < 4.78 is 0. The van der Waals surface area contributed by atoms with Crippen molar-refractivity contribution in [1.82, 2.24) is 10.6 Å². The Kier molecular flexibility index (Phi) is 5.06. The van der Waals surface area contributed by atoms with Crippen LogP contribution in [0.4, 0.5) is 4.79 Å². The zero-order valence-corrected chi connectivity index (χ0v) is 16.3. The Bertz CT molecular complexity index is 701. The quantitative estimate of drug-likeness (QED) is 0.691. The highest BCUT2D eigenvalue weighted by molar-refractivity contribution is 6.31. The van der Waals surface area contributed by atoms with Crippen LogP contribution in [-0.2, 0) is 4.79 Å². The van der Waals surface area contributed by atoms with Crippen molar-refractivity contribution in [2.45, 2.75) is 51.0 Å². The van der Waals surface area contributed by atoms with Gasteiger partial charge < -0.3 is 16.4 Å². The maximum atomic E-state index is 12.7. The van der Waals surface area contributed by atoms with E-state index in [1.54, 1.807) is 6.07 Å². The van der Waals surface area contributed by atoms with Gasteiger partial charge >= 0.3 is 6.03 Å². The number of urea groups is 1. The van der Waals surface area contributed by atoms with Crippen LogP contribution in [0.2, 0.25) is 5.02 Å². The maximum absolute atomic E-state index is 12.7. The molecule has 0 unspecified atom stereocenters. The minimum absolute atomic E-state index is 0.0654. The molecule has 0 radical (unpaired) electrons. The fourth-order valence-corrected chi connectivity index (χ4v) is 6.49. The molecule has 0 spiro atoms. The molecule has 3 amide bonds. The molecule has 5 nitrogen and oxygen atoms in total. The van der Waals surface area contributed by atoms with Crippen LogP contribution in [0.15, 0.2) is 24.3 Å². The molecule has 146 valence electrons. The average Bonchev–Trinajstić information content (AvgIpc) is 2.58. The van der Waals surface area contributed by atoms with Crippen molar-refractivity contribution in [1.29, 1.82) is 0 Å². The Hall–Kier alpha value is -1.75. The smallest absolute Gasteiger partial charge is 0.312 e. The lowest BCUT2D eigenvalue weighted by Crippen LogP contribution is -2.51. The second kappa shape index (κ2) is 7.34. The first-order valence-corrected chi connectivity index (χ1v) is 10.4. The zero-order chi connectivity index (χ0) is 19.0. The maximum Gasteiger partial charge on any atom is 0.312 e. The van der Waals surface area contributed by atoms with Gasteiger partial charge in [-0.15, -0.1) is 0 Å². The molecule has 1 aromatic rings. The normalized spacial score (nSPS) is 32.1. The predicted molar refractivity (Wildman–Crippen MR) is 105 cm³/mol. The number of hydrogen-bond acceptors (Lipinski definition) is 2. The topological polar surface area (TPSA) is 84.2 Å². The van der Waals surface area contributed by atoms with E-state index in [0.717, 1.165) is 24.3 Å². The molecule has 4 fully saturated rings. The molecule has 27 heavy (non-hydrogen) atoms. The lowest BCUT2D eigenvalue weighted by Gasteiger charge is -2.56. The molecule has 4 aliphatic carbocycles. The Labute approximate surface area is 165 Å². The monoisotopic (exact) mass is 389 g/mol. The number of rotatable bonds is 6. The summed E-state index contributed by atoms with van der Waals surface area (Å²) in [6.45, 7) is 0.751. The van der Waals surface area contributed by atoms with Crippen LogP contribution in [0.25, 0.3) is 0 Å². The number of benzene rings is 1. The molecule has 4 aliphatic rings. The Morgan fingerprint density at radius 3 is 2.26 bits per heavy atom. The summed E-state index contributed by atoms with van der Waals surface area (Å²) in [7, 11) is 0. The van der Waals surface area contributed by atoms with Gasteiger partial charge in [-0.1, -0.05) is 29.8 Å². The van der Waals surface area contributed by atoms with E-state index in [1.807, 2.05) is 18.2 Å². The van der Waals surface area contributed by atoms with Crippen molar-refractivity contribution in [3.63, 3.8) is 0 Å². The molecule has 0 saturated heterocycles. The minimum atomic E-state index is -0.659. The number of hydrogen-bond donors (Lipinski definition) is 3. The third kappa shape index (κ3) is 4.08. The Morgan fingerprint density at radius 2 is 1.70 bits per heavy atom. The molecule has 1 aromatic carbocycles. The fraction of sp³-hybridized carbons (Fsp3) is 0.619. The van der Waals surface area contributed by atoms with Gasteiger partial charge in [0, 0.05) is 11.6 Å². The van der Waals surface area contributed by atoms with Gasteiger partial charge in [0.2, 0.25) is 5.91 Å². The fourth-order valence-electron chi connectivity index (χ4n) is 6.22. The summed E-state index contributed by atoms with van der Waals surface area (Å²) in [6.07, 6.45) is 8.09. The SMILES string of the molecule is NC(=O)N[C@H](CC(=O)NCC12CC3CC(CC(C3)C1)C2)c1ccccc1Cl. The lowest BCUT2D eigenvalue weighted by atomic mass is 9.49. The molecular weight excluding hydrogens is 362 g/mol. The van der Waals surface area contributed by atoms with E-state index in [9.17, 15) is 9.59 Å². The third-order valence-electron chi connectivity index (χ3n) is 6.81. The van der Waals surface area contributed by atoms with E-state index in [2.05, 4.69) is 10.6 Å². The first kappa shape index (κ1) is 18.6. The standard InChI is InChI=1S/C21H28ClN3O2/c22-17-4-2-1-3-16(17)18(25-20(23)27)8-19(26)24-12-21-9-13-5-14(10-21)7-15(6-13)11-21/h1-4,13-15,18H,5-12H2,(H,24,26)(H3,23,25,27)/t13?,14?,15?,18-,21?/m1/s1. The van der Waals surface area contributed by atoms with Gasteiger partial charge in [0.25, 0.3) is 0 Å². The number of primary amides is 1. The molecule has 4 bridgehead atoms. The van der Waals surface area contributed by atoms with Crippen LogP contribution in [0.3, 0.4) is 0 Å². The van der Waals surface area contributed by atoms with Crippen molar-refractivity contribution < 1.29 is 9.59 Å². The summed E-state index contributed by atoms with van der Waals surface area (Å²) >= 11 is 6.25. The Balaban J connectivity index is 1.39. The van der Waals surface area contributed by atoms with Crippen LogP contribution < -0.4 is 16.4 Å². The molecule has 4 saturated carbocycles. The highest BCUT2D eigenvalue weighted by Gasteiger charge is 2.50. The van der Waals surface area contributed by atoms with Gasteiger partial charge in [-0.05, 0) is 73.3 Å². The average molecular weight is 390 g/mol. The predicted octanol–water partition coefficient (Wildman–Crippen LogP) is 3.77. The third-order valence-corrected chi connectivity index (χ3v) is 7.16. The van der Waals surface area contributed by atoms with E-state index in [-0.39, 0.29) is 12.3 Å². The summed E-state index contributed by atoms with van der Waals surface area (Å²) in [6, 6.07) is 6.04. The van der Waals surface area contributed by atoms with Crippen molar-refractivity contribution in [3.8, 4) is 0 Å². The zero-order valence-electron chi connectivity index (χ0n) is 15.5. The number of amides is 3. The van der Waals surface area contributed by atoms with E-state index < -0.39 is 12.1 Å². The number of nitrogens with two attached hydrogens (primary N) is 1. The highest BCUT2D eigenvalue weighted by Crippen LogP contribution is 2.59. The van der Waals surface area contributed by atoms with Gasteiger partial charge in [-0.25, -0.2) is 4.79 Å². The number of carbonyl (C=O) groups is 2. The van der Waals surface area contributed by atoms with Gasteiger partial charge in [0.15, 0.2) is 0 Å². The van der Waals surface area contributed by atoms with E-state index >= 15 is 0 Å². The molecule has 5 rings (SSSR count). The second-order valence-electron chi connectivity index (χ2n) is 8.98. The highest BCUT2D eigenvalue weighted by atomic mass is 35.5. The molecule has 0 aliphatic heterocycles. The van der Waals surface area contributed by atoms with Crippen molar-refractivity contribution >= 4 is 23.5 Å². The summed E-state index contributed by atoms with van der Waals surface area (Å²) in [5.74, 6) is 2.52. The van der Waals surface area contributed by atoms with E-state index in [0.29, 0.717) is 16.0 Å². The van der Waals surface area contributed by atoms with Crippen LogP contribution in [0.1, 0.15) is 56.6 Å². The molecule has 6 heteroatoms. The van der Waals surface area contributed by atoms with Gasteiger partial charge in [0.1, 0.15) is 0 Å². The van der Waals surface area contributed by atoms with Crippen molar-refractivity contribution in [2.75, 3.05) is 6.54 Å². The first-order chi connectivity index (χ1) is 12.9. The van der Waals surface area contributed by atoms with Crippen LogP contribution in [0.5, 0.6) is 0 Å². The minimum Gasteiger partial charge on any atom is -0.355 e. The molecular formula is C21H28ClN3O2. The van der Waals surface area contributed by atoms with E-state index in [4.69, 9.17) is 17.3 Å². The second-order valence-corrected chi connectivity index (χ2v) is 9.39. The molecule has 1 atom stereocenters. The van der Waals surface area contributed by atoms with Crippen LogP contribution >= 0.6 is 11.6 Å². The number of carbonyl (C=O) groups excluding carboxylic acids is 2. The summed E-state index contributed by atoms with van der Waals surface area (Å²) in [5, 5.41) is 6.33. The van der Waals surface area contributed by atoms with E-state index in [1.165, 1.54) is 38.5 Å². The Morgan fingerprint density at radius 1 is 1.11 bits per heavy atom. The number of halogens is 1.